The van der Waals surface area contributed by atoms with Gasteiger partial charge in [0, 0.05) is 11.3 Å². The first kappa shape index (κ1) is 22.4. The van der Waals surface area contributed by atoms with E-state index in [4.69, 9.17) is 4.74 Å². The van der Waals surface area contributed by atoms with E-state index in [1.54, 1.807) is 49.6 Å². The molecule has 0 bridgehead atoms. The molecule has 0 aromatic heterocycles. The summed E-state index contributed by atoms with van der Waals surface area (Å²) in [6.07, 6.45) is 0.706. The normalized spacial score (nSPS) is 12.1. The molecule has 162 valence electrons. The minimum Gasteiger partial charge on any atom is -0.497 e. The third-order valence-electron chi connectivity index (χ3n) is 4.94. The number of sulfonamides is 1. The molecule has 31 heavy (non-hydrogen) atoms. The maximum Gasteiger partial charge on any atom is 0.261 e. The molecule has 3 aromatic carbocycles. The Morgan fingerprint density at radius 2 is 1.68 bits per heavy atom. The first-order valence-electron chi connectivity index (χ1n) is 9.96. The van der Waals surface area contributed by atoms with Gasteiger partial charge in [-0.25, -0.2) is 8.42 Å². The van der Waals surface area contributed by atoms with Crippen LogP contribution in [0.15, 0.2) is 77.7 Å². The Kier molecular flexibility index (Phi) is 6.97. The molecule has 3 aromatic rings. The van der Waals surface area contributed by atoms with Gasteiger partial charge in [0.1, 0.15) is 5.75 Å². The maximum absolute atomic E-state index is 12.8. The number of carbonyl (C=O) groups is 1. The number of rotatable bonds is 8. The van der Waals surface area contributed by atoms with E-state index in [1.807, 2.05) is 38.1 Å². The number of amides is 1. The smallest absolute Gasteiger partial charge is 0.261 e. The standard InChI is InChI=1S/C24H26N2O4S/c1-4-23(18-10-12-21(30-3)13-11-18)25-24(27)19-6-5-7-20(16-19)26-31(28,29)22-14-8-17(2)9-15-22/h5-16,23,26H,4H2,1-3H3,(H,25,27). The summed E-state index contributed by atoms with van der Waals surface area (Å²) in [6.45, 7) is 3.88. The zero-order valence-corrected chi connectivity index (χ0v) is 18.6. The predicted molar refractivity (Wildman–Crippen MR) is 122 cm³/mol. The Balaban J connectivity index is 1.75. The largest absolute Gasteiger partial charge is 0.497 e. The molecule has 1 unspecified atom stereocenters. The number of hydrogen-bond acceptors (Lipinski definition) is 4. The molecule has 0 heterocycles. The van der Waals surface area contributed by atoms with Crippen molar-refractivity contribution in [1.82, 2.24) is 5.32 Å². The molecule has 1 atom stereocenters. The Morgan fingerprint density at radius 3 is 2.29 bits per heavy atom. The molecule has 0 saturated carbocycles. The molecule has 6 nitrogen and oxygen atoms in total. The molecule has 0 radical (unpaired) electrons. The second-order valence-electron chi connectivity index (χ2n) is 7.21. The summed E-state index contributed by atoms with van der Waals surface area (Å²) in [4.78, 5) is 13.0. The van der Waals surface area contributed by atoms with Crippen molar-refractivity contribution < 1.29 is 17.9 Å². The highest BCUT2D eigenvalue weighted by Gasteiger charge is 2.17. The van der Waals surface area contributed by atoms with Gasteiger partial charge in [-0.2, -0.15) is 0 Å². The van der Waals surface area contributed by atoms with Gasteiger partial charge in [-0.05, 0) is 61.4 Å². The lowest BCUT2D eigenvalue weighted by Crippen LogP contribution is -2.28. The van der Waals surface area contributed by atoms with Crippen LogP contribution in [-0.2, 0) is 10.0 Å². The van der Waals surface area contributed by atoms with Crippen LogP contribution in [0.2, 0.25) is 0 Å². The number of anilines is 1. The van der Waals surface area contributed by atoms with Crippen molar-refractivity contribution >= 4 is 21.6 Å². The highest BCUT2D eigenvalue weighted by Crippen LogP contribution is 2.22. The van der Waals surface area contributed by atoms with Crippen LogP contribution in [0.25, 0.3) is 0 Å². The topological polar surface area (TPSA) is 84.5 Å². The third-order valence-corrected chi connectivity index (χ3v) is 6.34. The van der Waals surface area contributed by atoms with Crippen LogP contribution >= 0.6 is 0 Å². The lowest BCUT2D eigenvalue weighted by atomic mass is 10.0. The predicted octanol–water partition coefficient (Wildman–Crippen LogP) is 4.69. The first-order valence-corrected chi connectivity index (χ1v) is 11.4. The van der Waals surface area contributed by atoms with Gasteiger partial charge in [0.2, 0.25) is 0 Å². The molecule has 1 amide bonds. The van der Waals surface area contributed by atoms with Gasteiger partial charge < -0.3 is 10.1 Å². The second kappa shape index (κ2) is 9.66. The van der Waals surface area contributed by atoms with Crippen LogP contribution in [-0.4, -0.2) is 21.4 Å². The van der Waals surface area contributed by atoms with Gasteiger partial charge in [-0.1, -0.05) is 42.8 Å². The SMILES string of the molecule is CCC(NC(=O)c1cccc(NS(=O)(=O)c2ccc(C)cc2)c1)c1ccc(OC)cc1. The van der Waals surface area contributed by atoms with Crippen LogP contribution in [0.1, 0.15) is 40.9 Å². The molecule has 0 spiro atoms. The number of methoxy groups -OCH3 is 1. The average molecular weight is 439 g/mol. The second-order valence-corrected chi connectivity index (χ2v) is 8.89. The molecule has 0 aliphatic carbocycles. The zero-order valence-electron chi connectivity index (χ0n) is 17.8. The highest BCUT2D eigenvalue weighted by molar-refractivity contribution is 7.92. The minimum absolute atomic E-state index is 0.165. The summed E-state index contributed by atoms with van der Waals surface area (Å²) in [5.41, 5.74) is 2.63. The van der Waals surface area contributed by atoms with Crippen LogP contribution in [0.4, 0.5) is 5.69 Å². The summed E-state index contributed by atoms with van der Waals surface area (Å²) in [5, 5.41) is 3.01. The van der Waals surface area contributed by atoms with E-state index < -0.39 is 10.0 Å². The number of hydrogen-bond donors (Lipinski definition) is 2. The van der Waals surface area contributed by atoms with E-state index in [0.717, 1.165) is 16.9 Å². The van der Waals surface area contributed by atoms with E-state index in [-0.39, 0.29) is 16.8 Å². The highest BCUT2D eigenvalue weighted by atomic mass is 32.2. The summed E-state index contributed by atoms with van der Waals surface area (Å²) < 4.78 is 33.0. The number of nitrogens with one attached hydrogen (secondary N) is 2. The fourth-order valence-corrected chi connectivity index (χ4v) is 4.20. The zero-order chi connectivity index (χ0) is 22.4. The van der Waals surface area contributed by atoms with Gasteiger partial charge in [0.15, 0.2) is 0 Å². The third kappa shape index (κ3) is 5.64. The van der Waals surface area contributed by atoms with E-state index >= 15 is 0 Å². The lowest BCUT2D eigenvalue weighted by molar-refractivity contribution is 0.0935. The summed E-state index contributed by atoms with van der Waals surface area (Å²) >= 11 is 0. The van der Waals surface area contributed by atoms with Crippen molar-refractivity contribution in [2.75, 3.05) is 11.8 Å². The summed E-state index contributed by atoms with van der Waals surface area (Å²) in [7, 11) is -2.14. The van der Waals surface area contributed by atoms with Crippen molar-refractivity contribution in [3.8, 4) is 5.75 Å². The molecule has 0 aliphatic rings. The number of benzene rings is 3. The van der Waals surface area contributed by atoms with E-state index in [2.05, 4.69) is 10.0 Å². The van der Waals surface area contributed by atoms with E-state index in [9.17, 15) is 13.2 Å². The lowest BCUT2D eigenvalue weighted by Gasteiger charge is -2.18. The average Bonchev–Trinajstić information content (AvgIpc) is 2.77. The molecule has 0 saturated heterocycles. The summed E-state index contributed by atoms with van der Waals surface area (Å²) in [6, 6.07) is 20.4. The number of ether oxygens (including phenoxy) is 1. The summed E-state index contributed by atoms with van der Waals surface area (Å²) in [5.74, 6) is 0.470. The van der Waals surface area contributed by atoms with Gasteiger partial charge in [-0.3, -0.25) is 9.52 Å². The molecule has 0 aliphatic heterocycles. The van der Waals surface area contributed by atoms with Crippen LogP contribution < -0.4 is 14.8 Å². The van der Waals surface area contributed by atoms with Crippen molar-refractivity contribution in [2.45, 2.75) is 31.2 Å². The van der Waals surface area contributed by atoms with Crippen molar-refractivity contribution in [2.24, 2.45) is 0 Å². The van der Waals surface area contributed by atoms with E-state index in [0.29, 0.717) is 17.7 Å². The fraction of sp³-hybridized carbons (Fsp3) is 0.208. The monoisotopic (exact) mass is 438 g/mol. The minimum atomic E-state index is -3.74. The van der Waals surface area contributed by atoms with E-state index in [1.165, 1.54) is 6.07 Å². The van der Waals surface area contributed by atoms with Gasteiger partial charge >= 0.3 is 0 Å². The number of aryl methyl sites for hydroxylation is 1. The first-order chi connectivity index (χ1) is 14.8. The van der Waals surface area contributed by atoms with Crippen LogP contribution in [0.3, 0.4) is 0 Å². The molecule has 3 rings (SSSR count). The fourth-order valence-electron chi connectivity index (χ4n) is 3.15. The van der Waals surface area contributed by atoms with Gasteiger partial charge in [0.05, 0.1) is 18.0 Å². The Morgan fingerprint density at radius 1 is 1.00 bits per heavy atom. The van der Waals surface area contributed by atoms with Gasteiger partial charge in [0.25, 0.3) is 15.9 Å². The van der Waals surface area contributed by atoms with Crippen LogP contribution in [0, 0.1) is 6.92 Å². The van der Waals surface area contributed by atoms with Crippen LogP contribution in [0.5, 0.6) is 5.75 Å². The maximum atomic E-state index is 12.8. The Labute approximate surface area is 183 Å². The Bertz CT molecular complexity index is 1140. The molecular weight excluding hydrogens is 412 g/mol. The molecular formula is C24H26N2O4S. The van der Waals surface area contributed by atoms with Crippen molar-refractivity contribution in [1.29, 1.82) is 0 Å². The molecule has 7 heteroatoms. The molecule has 0 fully saturated rings. The van der Waals surface area contributed by atoms with Crippen molar-refractivity contribution in [3.05, 3.63) is 89.5 Å². The van der Waals surface area contributed by atoms with Gasteiger partial charge in [-0.15, -0.1) is 0 Å². The number of carbonyl (C=O) groups excluding carboxylic acids is 1. The molecule has 2 N–H and O–H groups in total. The Hall–Kier alpha value is -3.32. The van der Waals surface area contributed by atoms with Crippen molar-refractivity contribution in [3.63, 3.8) is 0 Å². The quantitative estimate of drug-likeness (QED) is 0.535.